The predicted molar refractivity (Wildman–Crippen MR) is 120 cm³/mol. The summed E-state index contributed by atoms with van der Waals surface area (Å²) in [4.78, 5) is 22.5. The van der Waals surface area contributed by atoms with Crippen LogP contribution in [0.2, 0.25) is 0 Å². The zero-order valence-corrected chi connectivity index (χ0v) is 17.9. The van der Waals surface area contributed by atoms with Gasteiger partial charge < -0.3 is 9.80 Å². The Bertz CT molecular complexity index is 1180. The third kappa shape index (κ3) is 3.79. The number of piperazine rings is 1. The number of benzene rings is 2. The average molecular weight is 432 g/mol. The van der Waals surface area contributed by atoms with E-state index in [0.717, 1.165) is 22.0 Å². The number of tetrazole rings is 1. The Labute approximate surface area is 183 Å². The Morgan fingerprint density at radius 3 is 2.32 bits per heavy atom. The van der Waals surface area contributed by atoms with Crippen molar-refractivity contribution in [2.24, 2.45) is 0 Å². The molecule has 4 aromatic rings. The molecule has 31 heavy (non-hydrogen) atoms. The van der Waals surface area contributed by atoms with Gasteiger partial charge in [-0.25, -0.2) is 4.98 Å². The molecule has 0 radical (unpaired) electrons. The maximum absolute atomic E-state index is 13.2. The van der Waals surface area contributed by atoms with E-state index >= 15 is 0 Å². The van der Waals surface area contributed by atoms with Crippen LogP contribution in [0.1, 0.15) is 15.4 Å². The van der Waals surface area contributed by atoms with Crippen LogP contribution < -0.4 is 4.90 Å². The molecule has 0 atom stereocenters. The highest BCUT2D eigenvalue weighted by Crippen LogP contribution is 2.29. The first-order valence-electron chi connectivity index (χ1n) is 10.1. The second-order valence-corrected chi connectivity index (χ2v) is 8.30. The van der Waals surface area contributed by atoms with E-state index in [2.05, 4.69) is 25.4 Å². The average Bonchev–Trinajstić information content (AvgIpc) is 3.47. The van der Waals surface area contributed by atoms with Gasteiger partial charge in [0.05, 0.1) is 11.4 Å². The molecular formula is C22H21N7OS. The first-order valence-corrected chi connectivity index (χ1v) is 10.9. The van der Waals surface area contributed by atoms with E-state index in [1.165, 1.54) is 11.3 Å². The summed E-state index contributed by atoms with van der Waals surface area (Å²) in [6.07, 6.45) is 0. The first kappa shape index (κ1) is 19.4. The minimum atomic E-state index is 0.0412. The topological polar surface area (TPSA) is 80.0 Å². The van der Waals surface area contributed by atoms with Gasteiger partial charge in [0.1, 0.15) is 9.88 Å². The third-order valence-electron chi connectivity index (χ3n) is 5.32. The van der Waals surface area contributed by atoms with E-state index in [4.69, 9.17) is 0 Å². The van der Waals surface area contributed by atoms with Gasteiger partial charge in [0.25, 0.3) is 5.91 Å². The second-order valence-electron chi connectivity index (χ2n) is 7.31. The number of anilines is 1. The van der Waals surface area contributed by atoms with Crippen LogP contribution in [0.4, 0.5) is 5.95 Å². The zero-order chi connectivity index (χ0) is 21.2. The SMILES string of the molecule is Cc1nc(-c2ccccc2)sc1C(=O)N1CCN(c2nnnn2-c2ccccc2)CC1. The minimum absolute atomic E-state index is 0.0412. The lowest BCUT2D eigenvalue weighted by Gasteiger charge is -2.34. The number of carbonyl (C=O) groups is 1. The van der Waals surface area contributed by atoms with Crippen LogP contribution in [-0.4, -0.2) is 62.2 Å². The normalized spacial score (nSPS) is 14.1. The summed E-state index contributed by atoms with van der Waals surface area (Å²) in [6, 6.07) is 19.8. The monoisotopic (exact) mass is 431 g/mol. The van der Waals surface area contributed by atoms with Crippen LogP contribution in [-0.2, 0) is 0 Å². The molecule has 8 nitrogen and oxygen atoms in total. The van der Waals surface area contributed by atoms with Gasteiger partial charge in [-0.1, -0.05) is 53.6 Å². The maximum atomic E-state index is 13.2. The molecule has 9 heteroatoms. The molecule has 2 aromatic carbocycles. The lowest BCUT2D eigenvalue weighted by Crippen LogP contribution is -2.49. The fourth-order valence-corrected chi connectivity index (χ4v) is 4.71. The summed E-state index contributed by atoms with van der Waals surface area (Å²) in [7, 11) is 0. The molecule has 5 rings (SSSR count). The van der Waals surface area contributed by atoms with Crippen molar-refractivity contribution in [1.29, 1.82) is 0 Å². The van der Waals surface area contributed by atoms with Gasteiger partial charge >= 0.3 is 0 Å². The number of nitrogens with zero attached hydrogens (tertiary/aromatic N) is 7. The van der Waals surface area contributed by atoms with Crippen molar-refractivity contribution in [3.05, 3.63) is 71.2 Å². The standard InChI is InChI=1S/C22H21N7OS/c1-16-19(31-20(23-16)17-8-4-2-5-9-17)21(30)27-12-14-28(15-13-27)22-24-25-26-29(22)18-10-6-3-7-11-18/h2-11H,12-15H2,1H3. The summed E-state index contributed by atoms with van der Waals surface area (Å²) in [6.45, 7) is 4.46. The molecule has 0 saturated carbocycles. The number of aromatic nitrogens is 5. The molecule has 1 aliphatic rings. The fraction of sp³-hybridized carbons (Fsp3) is 0.227. The molecule has 1 saturated heterocycles. The fourth-order valence-electron chi connectivity index (χ4n) is 3.67. The van der Waals surface area contributed by atoms with E-state index < -0.39 is 0 Å². The second kappa shape index (κ2) is 8.27. The molecule has 1 aliphatic heterocycles. The Morgan fingerprint density at radius 2 is 1.61 bits per heavy atom. The lowest BCUT2D eigenvalue weighted by molar-refractivity contribution is 0.0750. The number of amides is 1. The molecule has 156 valence electrons. The van der Waals surface area contributed by atoms with Gasteiger partial charge in [-0.15, -0.1) is 11.3 Å². The van der Waals surface area contributed by atoms with Crippen molar-refractivity contribution >= 4 is 23.2 Å². The molecule has 2 aromatic heterocycles. The first-order chi connectivity index (χ1) is 15.2. The number of para-hydroxylation sites is 1. The van der Waals surface area contributed by atoms with Crippen LogP contribution in [0.25, 0.3) is 16.3 Å². The molecule has 3 heterocycles. The molecule has 1 amide bonds. The Morgan fingerprint density at radius 1 is 0.935 bits per heavy atom. The van der Waals surface area contributed by atoms with Crippen molar-refractivity contribution in [1.82, 2.24) is 30.1 Å². The lowest BCUT2D eigenvalue weighted by atomic mass is 10.2. The molecule has 0 aliphatic carbocycles. The largest absolute Gasteiger partial charge is 0.336 e. The van der Waals surface area contributed by atoms with Gasteiger partial charge in [-0.05, 0) is 29.5 Å². The van der Waals surface area contributed by atoms with Crippen LogP contribution in [0, 0.1) is 6.92 Å². The molecule has 0 bridgehead atoms. The van der Waals surface area contributed by atoms with Gasteiger partial charge in [0.15, 0.2) is 0 Å². The summed E-state index contributed by atoms with van der Waals surface area (Å²) in [5.41, 5.74) is 2.73. The van der Waals surface area contributed by atoms with E-state index in [1.54, 1.807) is 4.68 Å². The van der Waals surface area contributed by atoms with Gasteiger partial charge in [0, 0.05) is 31.7 Å². The van der Waals surface area contributed by atoms with E-state index in [1.807, 2.05) is 72.5 Å². The Hall–Kier alpha value is -3.59. The molecule has 0 spiro atoms. The van der Waals surface area contributed by atoms with Gasteiger partial charge in [-0.3, -0.25) is 4.79 Å². The highest BCUT2D eigenvalue weighted by atomic mass is 32.1. The van der Waals surface area contributed by atoms with Crippen molar-refractivity contribution in [3.63, 3.8) is 0 Å². The van der Waals surface area contributed by atoms with Crippen molar-refractivity contribution in [3.8, 4) is 16.3 Å². The zero-order valence-electron chi connectivity index (χ0n) is 17.0. The molecule has 0 N–H and O–H groups in total. The summed E-state index contributed by atoms with van der Waals surface area (Å²) in [5, 5.41) is 13.1. The van der Waals surface area contributed by atoms with E-state index in [-0.39, 0.29) is 5.91 Å². The number of rotatable bonds is 4. The molecule has 1 fully saturated rings. The van der Waals surface area contributed by atoms with Crippen LogP contribution in [0.5, 0.6) is 0 Å². The highest BCUT2D eigenvalue weighted by molar-refractivity contribution is 7.17. The maximum Gasteiger partial charge on any atom is 0.265 e. The molecular weight excluding hydrogens is 410 g/mol. The van der Waals surface area contributed by atoms with Crippen molar-refractivity contribution in [2.75, 3.05) is 31.1 Å². The van der Waals surface area contributed by atoms with Crippen LogP contribution in [0.3, 0.4) is 0 Å². The van der Waals surface area contributed by atoms with E-state index in [0.29, 0.717) is 37.0 Å². The number of thiazole rings is 1. The summed E-state index contributed by atoms with van der Waals surface area (Å²) in [5.74, 6) is 0.734. The quantitative estimate of drug-likeness (QED) is 0.494. The third-order valence-corrected chi connectivity index (χ3v) is 6.51. The Kier molecular flexibility index (Phi) is 5.17. The Balaban J connectivity index is 1.29. The number of hydrogen-bond donors (Lipinski definition) is 0. The molecule has 0 unspecified atom stereocenters. The van der Waals surface area contributed by atoms with Crippen LogP contribution >= 0.6 is 11.3 Å². The minimum Gasteiger partial charge on any atom is -0.336 e. The smallest absolute Gasteiger partial charge is 0.265 e. The number of aryl methyl sites for hydroxylation is 1. The number of carbonyl (C=O) groups excluding carboxylic acids is 1. The van der Waals surface area contributed by atoms with E-state index in [9.17, 15) is 4.79 Å². The van der Waals surface area contributed by atoms with Gasteiger partial charge in [-0.2, -0.15) is 4.68 Å². The van der Waals surface area contributed by atoms with Crippen molar-refractivity contribution < 1.29 is 4.79 Å². The highest BCUT2D eigenvalue weighted by Gasteiger charge is 2.28. The van der Waals surface area contributed by atoms with Crippen molar-refractivity contribution in [2.45, 2.75) is 6.92 Å². The predicted octanol–water partition coefficient (Wildman–Crippen LogP) is 3.06. The van der Waals surface area contributed by atoms with Gasteiger partial charge in [0.2, 0.25) is 5.95 Å². The number of hydrogen-bond acceptors (Lipinski definition) is 7. The summed E-state index contributed by atoms with van der Waals surface area (Å²) < 4.78 is 1.73. The van der Waals surface area contributed by atoms with Crippen LogP contribution in [0.15, 0.2) is 60.7 Å². The summed E-state index contributed by atoms with van der Waals surface area (Å²) >= 11 is 1.46.